The van der Waals surface area contributed by atoms with Gasteiger partial charge in [-0.2, -0.15) is 13.2 Å². The Morgan fingerprint density at radius 3 is 2.45 bits per heavy atom. The highest BCUT2D eigenvalue weighted by molar-refractivity contribution is 5.20. The minimum Gasteiger partial charge on any atom is -0.307 e. The van der Waals surface area contributed by atoms with Crippen molar-refractivity contribution in [1.29, 1.82) is 0 Å². The number of hydrogen-bond donors (Lipinski definition) is 1. The standard InChI is InChI=1S/C15H19F4N/c1-10(11-6-2-4-8-13(11)16)20-14-9-5-3-7-12(14)15(17,18)19/h2,4,6,8,10,12,14,20H,3,5,7,9H2,1H3/t10-,12-,14+/m0/s1. The summed E-state index contributed by atoms with van der Waals surface area (Å²) < 4.78 is 52.7. The lowest BCUT2D eigenvalue weighted by Crippen LogP contribution is -2.46. The van der Waals surface area contributed by atoms with Gasteiger partial charge in [0.1, 0.15) is 5.82 Å². The van der Waals surface area contributed by atoms with E-state index in [4.69, 9.17) is 0 Å². The van der Waals surface area contributed by atoms with Crippen molar-refractivity contribution in [2.75, 3.05) is 0 Å². The summed E-state index contributed by atoms with van der Waals surface area (Å²) in [6, 6.07) is 5.15. The van der Waals surface area contributed by atoms with E-state index in [-0.39, 0.29) is 12.2 Å². The smallest absolute Gasteiger partial charge is 0.307 e. The van der Waals surface area contributed by atoms with Gasteiger partial charge in [0.25, 0.3) is 0 Å². The van der Waals surface area contributed by atoms with Crippen molar-refractivity contribution in [2.45, 2.75) is 50.9 Å². The highest BCUT2D eigenvalue weighted by atomic mass is 19.4. The fourth-order valence-corrected chi connectivity index (χ4v) is 2.96. The number of rotatable bonds is 3. The molecule has 0 unspecified atom stereocenters. The molecule has 0 aromatic heterocycles. The normalized spacial score (nSPS) is 25.4. The van der Waals surface area contributed by atoms with Crippen LogP contribution in [0.15, 0.2) is 24.3 Å². The second-order valence-electron chi connectivity index (χ2n) is 5.45. The second-order valence-corrected chi connectivity index (χ2v) is 5.45. The number of alkyl halides is 3. The second kappa shape index (κ2) is 6.12. The summed E-state index contributed by atoms with van der Waals surface area (Å²) in [5.41, 5.74) is 0.416. The molecule has 1 nitrogen and oxygen atoms in total. The molecule has 112 valence electrons. The van der Waals surface area contributed by atoms with Crippen molar-refractivity contribution < 1.29 is 17.6 Å². The summed E-state index contributed by atoms with van der Waals surface area (Å²) in [6.45, 7) is 1.71. The van der Waals surface area contributed by atoms with Crippen LogP contribution in [-0.2, 0) is 0 Å². The molecule has 0 amide bonds. The van der Waals surface area contributed by atoms with Crippen LogP contribution in [0.1, 0.15) is 44.2 Å². The predicted molar refractivity (Wildman–Crippen MR) is 69.8 cm³/mol. The molecular formula is C15H19F4N. The van der Waals surface area contributed by atoms with Crippen LogP contribution in [-0.4, -0.2) is 12.2 Å². The van der Waals surface area contributed by atoms with E-state index in [2.05, 4.69) is 5.32 Å². The van der Waals surface area contributed by atoms with Crippen molar-refractivity contribution >= 4 is 0 Å². The molecule has 1 aromatic rings. The zero-order valence-corrected chi connectivity index (χ0v) is 11.4. The van der Waals surface area contributed by atoms with Crippen LogP contribution in [0.3, 0.4) is 0 Å². The number of hydrogen-bond acceptors (Lipinski definition) is 1. The first-order valence-corrected chi connectivity index (χ1v) is 6.97. The first-order valence-electron chi connectivity index (χ1n) is 6.97. The zero-order valence-electron chi connectivity index (χ0n) is 11.4. The van der Waals surface area contributed by atoms with Crippen LogP contribution < -0.4 is 5.32 Å². The highest BCUT2D eigenvalue weighted by Crippen LogP contribution is 2.38. The summed E-state index contributed by atoms with van der Waals surface area (Å²) in [7, 11) is 0. The lowest BCUT2D eigenvalue weighted by atomic mass is 9.83. The van der Waals surface area contributed by atoms with E-state index in [0.717, 1.165) is 6.42 Å². The maximum atomic E-state index is 13.7. The molecule has 0 radical (unpaired) electrons. The highest BCUT2D eigenvalue weighted by Gasteiger charge is 2.45. The van der Waals surface area contributed by atoms with Gasteiger partial charge in [-0.3, -0.25) is 0 Å². The quantitative estimate of drug-likeness (QED) is 0.802. The molecule has 0 spiro atoms. The molecule has 20 heavy (non-hydrogen) atoms. The molecule has 0 heterocycles. The molecule has 0 saturated heterocycles. The van der Waals surface area contributed by atoms with Crippen LogP contribution >= 0.6 is 0 Å². The third kappa shape index (κ3) is 3.51. The van der Waals surface area contributed by atoms with Gasteiger partial charge < -0.3 is 5.32 Å². The summed E-state index contributed by atoms with van der Waals surface area (Å²) >= 11 is 0. The van der Waals surface area contributed by atoms with E-state index in [0.29, 0.717) is 18.4 Å². The van der Waals surface area contributed by atoms with Crippen LogP contribution in [0, 0.1) is 11.7 Å². The fraction of sp³-hybridized carbons (Fsp3) is 0.600. The Bertz CT molecular complexity index is 444. The first kappa shape index (κ1) is 15.3. The molecule has 1 aliphatic rings. The monoisotopic (exact) mass is 289 g/mol. The van der Waals surface area contributed by atoms with E-state index >= 15 is 0 Å². The molecule has 2 rings (SSSR count). The van der Waals surface area contributed by atoms with Gasteiger partial charge in [0, 0.05) is 17.6 Å². The van der Waals surface area contributed by atoms with Crippen LogP contribution in [0.2, 0.25) is 0 Å². The Labute approximate surface area is 116 Å². The fourth-order valence-electron chi connectivity index (χ4n) is 2.96. The van der Waals surface area contributed by atoms with Gasteiger partial charge in [0.15, 0.2) is 0 Å². The van der Waals surface area contributed by atoms with Crippen molar-refractivity contribution in [2.24, 2.45) is 5.92 Å². The molecule has 3 atom stereocenters. The summed E-state index contributed by atoms with van der Waals surface area (Å²) in [5.74, 6) is -1.71. The SMILES string of the molecule is C[C@H](N[C@@H]1CCCC[C@@H]1C(F)(F)F)c1ccccc1F. The van der Waals surface area contributed by atoms with Gasteiger partial charge >= 0.3 is 6.18 Å². The maximum absolute atomic E-state index is 13.7. The van der Waals surface area contributed by atoms with Crippen LogP contribution in [0.4, 0.5) is 17.6 Å². The number of benzene rings is 1. The third-order valence-corrected chi connectivity index (χ3v) is 4.02. The minimum absolute atomic E-state index is 0.158. The summed E-state index contributed by atoms with van der Waals surface area (Å²) in [4.78, 5) is 0. The average Bonchev–Trinajstić information content (AvgIpc) is 2.38. The predicted octanol–water partition coefficient (Wildman–Crippen LogP) is 4.60. The van der Waals surface area contributed by atoms with E-state index in [1.54, 1.807) is 25.1 Å². The van der Waals surface area contributed by atoms with E-state index in [9.17, 15) is 17.6 Å². The van der Waals surface area contributed by atoms with Gasteiger partial charge in [0.05, 0.1) is 5.92 Å². The molecule has 5 heteroatoms. The Balaban J connectivity index is 2.09. The zero-order chi connectivity index (χ0) is 14.8. The Morgan fingerprint density at radius 1 is 1.15 bits per heavy atom. The molecule has 1 N–H and O–H groups in total. The van der Waals surface area contributed by atoms with Crippen molar-refractivity contribution in [3.8, 4) is 0 Å². The first-order chi connectivity index (χ1) is 9.39. The Hall–Kier alpha value is -1.10. The molecule has 1 saturated carbocycles. The van der Waals surface area contributed by atoms with Crippen molar-refractivity contribution in [1.82, 2.24) is 5.32 Å². The minimum atomic E-state index is -4.19. The summed E-state index contributed by atoms with van der Waals surface area (Å²) in [6.07, 6.45) is -2.15. The topological polar surface area (TPSA) is 12.0 Å². The maximum Gasteiger partial charge on any atom is 0.393 e. The number of nitrogens with one attached hydrogen (secondary N) is 1. The van der Waals surface area contributed by atoms with Gasteiger partial charge in [-0.15, -0.1) is 0 Å². The average molecular weight is 289 g/mol. The molecule has 1 aromatic carbocycles. The van der Waals surface area contributed by atoms with E-state index in [1.165, 1.54) is 6.07 Å². The third-order valence-electron chi connectivity index (χ3n) is 4.02. The largest absolute Gasteiger partial charge is 0.393 e. The van der Waals surface area contributed by atoms with E-state index in [1.807, 2.05) is 0 Å². The van der Waals surface area contributed by atoms with Gasteiger partial charge in [0.2, 0.25) is 0 Å². The molecular weight excluding hydrogens is 270 g/mol. The van der Waals surface area contributed by atoms with Gasteiger partial charge in [-0.25, -0.2) is 4.39 Å². The Kier molecular flexibility index (Phi) is 4.68. The Morgan fingerprint density at radius 2 is 1.80 bits per heavy atom. The van der Waals surface area contributed by atoms with E-state index < -0.39 is 24.2 Å². The molecule has 1 fully saturated rings. The molecule has 0 aliphatic heterocycles. The molecule has 0 bridgehead atoms. The molecule has 1 aliphatic carbocycles. The lowest BCUT2D eigenvalue weighted by Gasteiger charge is -2.35. The van der Waals surface area contributed by atoms with Crippen LogP contribution in [0.25, 0.3) is 0 Å². The van der Waals surface area contributed by atoms with Crippen LogP contribution in [0.5, 0.6) is 0 Å². The lowest BCUT2D eigenvalue weighted by molar-refractivity contribution is -0.189. The van der Waals surface area contributed by atoms with Crippen molar-refractivity contribution in [3.05, 3.63) is 35.6 Å². The number of halogens is 4. The van der Waals surface area contributed by atoms with Gasteiger partial charge in [-0.05, 0) is 25.8 Å². The summed E-state index contributed by atoms with van der Waals surface area (Å²) in [5, 5.41) is 2.97. The van der Waals surface area contributed by atoms with Crippen molar-refractivity contribution in [3.63, 3.8) is 0 Å². The van der Waals surface area contributed by atoms with Gasteiger partial charge in [-0.1, -0.05) is 31.0 Å².